The number of nitrogens with zero attached hydrogens (tertiary/aromatic N) is 2. The van der Waals surface area contributed by atoms with E-state index in [0.717, 1.165) is 25.1 Å². The first kappa shape index (κ1) is 14.2. The zero-order valence-electron chi connectivity index (χ0n) is 11.4. The molecule has 0 aliphatic heterocycles. The smallest absolute Gasteiger partial charge is 0.0611 e. The fraction of sp³-hybridized carbons (Fsp3) is 0.769. The van der Waals surface area contributed by atoms with Crippen LogP contribution in [0.3, 0.4) is 0 Å². The standard InChI is InChI=1S/C13H25N3O/c1-5-7-14-13(4,10-17)9-12(3)16-8-6-11(2)15-16/h6,8,12,14,17H,5,7,9-10H2,1-4H3. The van der Waals surface area contributed by atoms with Crippen molar-refractivity contribution >= 4 is 0 Å². The van der Waals surface area contributed by atoms with Gasteiger partial charge in [-0.25, -0.2) is 0 Å². The van der Waals surface area contributed by atoms with Crippen molar-refractivity contribution in [1.29, 1.82) is 0 Å². The monoisotopic (exact) mass is 239 g/mol. The number of hydrogen-bond donors (Lipinski definition) is 2. The molecule has 1 rings (SSSR count). The van der Waals surface area contributed by atoms with E-state index in [9.17, 15) is 5.11 Å². The van der Waals surface area contributed by atoms with E-state index in [1.165, 1.54) is 0 Å². The van der Waals surface area contributed by atoms with Crippen LogP contribution in [0.15, 0.2) is 12.3 Å². The topological polar surface area (TPSA) is 50.1 Å². The highest BCUT2D eigenvalue weighted by atomic mass is 16.3. The van der Waals surface area contributed by atoms with Gasteiger partial charge in [-0.3, -0.25) is 4.68 Å². The third-order valence-electron chi connectivity index (χ3n) is 3.09. The van der Waals surface area contributed by atoms with E-state index in [1.807, 2.05) is 23.9 Å². The van der Waals surface area contributed by atoms with E-state index in [1.54, 1.807) is 0 Å². The van der Waals surface area contributed by atoms with Crippen LogP contribution in [0.25, 0.3) is 0 Å². The minimum absolute atomic E-state index is 0.150. The minimum Gasteiger partial charge on any atom is -0.394 e. The van der Waals surface area contributed by atoms with Crippen LogP contribution in [0.5, 0.6) is 0 Å². The molecule has 2 N–H and O–H groups in total. The van der Waals surface area contributed by atoms with Crippen LogP contribution in [-0.2, 0) is 0 Å². The highest BCUT2D eigenvalue weighted by Crippen LogP contribution is 2.20. The number of aryl methyl sites for hydroxylation is 1. The van der Waals surface area contributed by atoms with E-state index in [4.69, 9.17) is 0 Å². The van der Waals surface area contributed by atoms with E-state index < -0.39 is 0 Å². The Labute approximate surface area is 104 Å². The van der Waals surface area contributed by atoms with Crippen molar-refractivity contribution in [3.05, 3.63) is 18.0 Å². The van der Waals surface area contributed by atoms with Crippen LogP contribution >= 0.6 is 0 Å². The molecule has 2 unspecified atom stereocenters. The summed E-state index contributed by atoms with van der Waals surface area (Å²) in [5.74, 6) is 0. The molecule has 0 saturated heterocycles. The second-order valence-corrected chi connectivity index (χ2v) is 5.14. The fourth-order valence-corrected chi connectivity index (χ4v) is 2.04. The van der Waals surface area contributed by atoms with Gasteiger partial charge in [0.05, 0.1) is 18.3 Å². The van der Waals surface area contributed by atoms with Crippen LogP contribution < -0.4 is 5.32 Å². The maximum absolute atomic E-state index is 9.52. The second-order valence-electron chi connectivity index (χ2n) is 5.14. The molecule has 0 aliphatic carbocycles. The first-order valence-corrected chi connectivity index (χ1v) is 6.38. The predicted molar refractivity (Wildman–Crippen MR) is 70.1 cm³/mol. The number of nitrogens with one attached hydrogen (secondary N) is 1. The third-order valence-corrected chi connectivity index (χ3v) is 3.09. The summed E-state index contributed by atoms with van der Waals surface area (Å²) in [5, 5.41) is 17.3. The Balaban J connectivity index is 2.61. The van der Waals surface area contributed by atoms with E-state index in [-0.39, 0.29) is 18.2 Å². The predicted octanol–water partition coefficient (Wildman–Crippen LogP) is 1.89. The van der Waals surface area contributed by atoms with Gasteiger partial charge in [0.15, 0.2) is 0 Å². The minimum atomic E-state index is -0.227. The molecule has 1 heterocycles. The molecular formula is C13H25N3O. The highest BCUT2D eigenvalue weighted by molar-refractivity contribution is 4.97. The van der Waals surface area contributed by atoms with Gasteiger partial charge in [-0.1, -0.05) is 6.92 Å². The molecule has 0 bridgehead atoms. The van der Waals surface area contributed by atoms with Gasteiger partial charge in [0.25, 0.3) is 0 Å². The molecule has 17 heavy (non-hydrogen) atoms. The van der Waals surface area contributed by atoms with Gasteiger partial charge >= 0.3 is 0 Å². The van der Waals surface area contributed by atoms with Gasteiger partial charge in [0, 0.05) is 11.7 Å². The molecule has 1 aromatic heterocycles. The molecule has 4 heteroatoms. The second kappa shape index (κ2) is 6.17. The molecule has 0 amide bonds. The van der Waals surface area contributed by atoms with Gasteiger partial charge in [-0.2, -0.15) is 5.10 Å². The Morgan fingerprint density at radius 3 is 2.76 bits per heavy atom. The zero-order chi connectivity index (χ0) is 12.9. The summed E-state index contributed by atoms with van der Waals surface area (Å²) in [7, 11) is 0. The molecule has 0 fully saturated rings. The first-order chi connectivity index (χ1) is 8.00. The van der Waals surface area contributed by atoms with Crippen molar-refractivity contribution < 1.29 is 5.11 Å². The van der Waals surface area contributed by atoms with E-state index in [2.05, 4.69) is 31.2 Å². The van der Waals surface area contributed by atoms with Crippen molar-refractivity contribution in [2.24, 2.45) is 0 Å². The zero-order valence-corrected chi connectivity index (χ0v) is 11.4. The maximum atomic E-state index is 9.52. The lowest BCUT2D eigenvalue weighted by molar-refractivity contribution is 0.149. The lowest BCUT2D eigenvalue weighted by atomic mass is 9.94. The number of aliphatic hydroxyl groups is 1. The van der Waals surface area contributed by atoms with Crippen LogP contribution in [0.4, 0.5) is 0 Å². The summed E-state index contributed by atoms with van der Waals surface area (Å²) in [6, 6.07) is 2.29. The van der Waals surface area contributed by atoms with Crippen LogP contribution in [0.2, 0.25) is 0 Å². The number of aliphatic hydroxyl groups excluding tert-OH is 1. The Morgan fingerprint density at radius 1 is 1.59 bits per heavy atom. The Hall–Kier alpha value is -0.870. The van der Waals surface area contributed by atoms with Crippen molar-refractivity contribution in [3.8, 4) is 0 Å². The number of hydrogen-bond acceptors (Lipinski definition) is 3. The van der Waals surface area contributed by atoms with Crippen molar-refractivity contribution in [3.63, 3.8) is 0 Å². The Kier molecular flexibility index (Phi) is 5.15. The number of aromatic nitrogens is 2. The molecule has 0 aliphatic rings. The summed E-state index contributed by atoms with van der Waals surface area (Å²) < 4.78 is 1.97. The first-order valence-electron chi connectivity index (χ1n) is 6.38. The maximum Gasteiger partial charge on any atom is 0.0611 e. The van der Waals surface area contributed by atoms with Crippen molar-refractivity contribution in [2.75, 3.05) is 13.2 Å². The van der Waals surface area contributed by atoms with Crippen LogP contribution in [0.1, 0.15) is 45.3 Å². The average Bonchev–Trinajstić information content (AvgIpc) is 2.73. The Bertz CT molecular complexity index is 337. The molecule has 0 saturated carbocycles. The molecule has 2 atom stereocenters. The van der Waals surface area contributed by atoms with E-state index in [0.29, 0.717) is 0 Å². The van der Waals surface area contributed by atoms with Gasteiger partial charge in [0.2, 0.25) is 0 Å². The Morgan fingerprint density at radius 2 is 2.29 bits per heavy atom. The van der Waals surface area contributed by atoms with Crippen molar-refractivity contribution in [1.82, 2.24) is 15.1 Å². The summed E-state index contributed by atoms with van der Waals surface area (Å²) in [4.78, 5) is 0. The highest BCUT2D eigenvalue weighted by Gasteiger charge is 2.25. The fourth-order valence-electron chi connectivity index (χ4n) is 2.04. The quantitative estimate of drug-likeness (QED) is 0.764. The van der Waals surface area contributed by atoms with Gasteiger partial charge in [-0.15, -0.1) is 0 Å². The SMILES string of the molecule is CCCNC(C)(CO)CC(C)n1ccc(C)n1. The lowest BCUT2D eigenvalue weighted by Gasteiger charge is -2.31. The molecular weight excluding hydrogens is 214 g/mol. The summed E-state index contributed by atoms with van der Waals surface area (Å²) in [5.41, 5.74) is 0.805. The lowest BCUT2D eigenvalue weighted by Crippen LogP contribution is -2.47. The van der Waals surface area contributed by atoms with Gasteiger partial charge in [-0.05, 0) is 46.2 Å². The van der Waals surface area contributed by atoms with E-state index >= 15 is 0 Å². The summed E-state index contributed by atoms with van der Waals surface area (Å²) in [6.07, 6.45) is 3.94. The molecule has 0 radical (unpaired) electrons. The molecule has 98 valence electrons. The van der Waals surface area contributed by atoms with Crippen LogP contribution in [-0.4, -0.2) is 33.6 Å². The van der Waals surface area contributed by atoms with Crippen LogP contribution in [0, 0.1) is 6.92 Å². The average molecular weight is 239 g/mol. The molecule has 0 aromatic carbocycles. The summed E-state index contributed by atoms with van der Waals surface area (Å²) in [6.45, 7) is 9.40. The summed E-state index contributed by atoms with van der Waals surface area (Å²) >= 11 is 0. The van der Waals surface area contributed by atoms with Crippen molar-refractivity contribution in [2.45, 2.75) is 52.1 Å². The normalized spacial score (nSPS) is 16.8. The van der Waals surface area contributed by atoms with Gasteiger partial charge in [0.1, 0.15) is 0 Å². The molecule has 0 spiro atoms. The number of rotatable bonds is 7. The third kappa shape index (κ3) is 4.13. The molecule has 4 nitrogen and oxygen atoms in total. The largest absolute Gasteiger partial charge is 0.394 e. The van der Waals surface area contributed by atoms with Gasteiger partial charge < -0.3 is 10.4 Å². The molecule has 1 aromatic rings.